The highest BCUT2D eigenvalue weighted by Gasteiger charge is 2.22. The van der Waals surface area contributed by atoms with E-state index < -0.39 is 16.9 Å². The van der Waals surface area contributed by atoms with Crippen LogP contribution >= 0.6 is 0 Å². The van der Waals surface area contributed by atoms with Crippen molar-refractivity contribution in [2.75, 3.05) is 57.7 Å². The van der Waals surface area contributed by atoms with Gasteiger partial charge in [0.2, 0.25) is 5.91 Å². The van der Waals surface area contributed by atoms with Crippen molar-refractivity contribution in [1.82, 2.24) is 9.80 Å². The van der Waals surface area contributed by atoms with Gasteiger partial charge in [-0.2, -0.15) is 0 Å². The Hall–Kier alpha value is -3.82. The van der Waals surface area contributed by atoms with Crippen LogP contribution in [0.5, 0.6) is 5.75 Å². The summed E-state index contributed by atoms with van der Waals surface area (Å²) in [5.74, 6) is 5.03. The number of rotatable bonds is 9. The maximum absolute atomic E-state index is 11.6. The molecule has 0 aromatic heterocycles. The maximum atomic E-state index is 11.6. The smallest absolute Gasteiger partial charge is 0.407 e. The minimum Gasteiger partial charge on any atom is -0.478 e. The molecule has 12 nitrogen and oxygen atoms in total. The molecule has 0 radical (unpaired) electrons. The van der Waals surface area contributed by atoms with Gasteiger partial charge in [0, 0.05) is 50.9 Å². The van der Waals surface area contributed by atoms with Gasteiger partial charge < -0.3 is 31.5 Å². The molecule has 1 saturated heterocycles. The molecule has 0 unspecified atom stereocenters. The number of piperazine rings is 1. The van der Waals surface area contributed by atoms with Crippen LogP contribution in [0.15, 0.2) is 24.3 Å². The van der Waals surface area contributed by atoms with Crippen LogP contribution < -0.4 is 21.5 Å². The second-order valence-corrected chi connectivity index (χ2v) is 6.77. The van der Waals surface area contributed by atoms with Gasteiger partial charge in [0.1, 0.15) is 6.61 Å². The largest absolute Gasteiger partial charge is 0.478 e. The van der Waals surface area contributed by atoms with Crippen molar-refractivity contribution in [3.05, 3.63) is 40.0 Å². The molecular weight excluding hydrogens is 420 g/mol. The number of nitro groups is 1. The third kappa shape index (κ3) is 7.15. The number of carboxylic acid groups (broad SMARTS) is 1. The highest BCUT2D eigenvalue weighted by molar-refractivity contribution is 5.95. The number of nitrogens with one attached hydrogen (secondary N) is 1. The van der Waals surface area contributed by atoms with Gasteiger partial charge in [-0.05, 0) is 6.07 Å². The zero-order chi connectivity index (χ0) is 23.5. The van der Waals surface area contributed by atoms with Crippen LogP contribution in [0.2, 0.25) is 0 Å². The number of primary amides is 1. The molecule has 32 heavy (non-hydrogen) atoms. The van der Waals surface area contributed by atoms with Crippen LogP contribution in [-0.2, 0) is 0 Å². The van der Waals surface area contributed by atoms with Gasteiger partial charge in [-0.1, -0.05) is 24.0 Å². The van der Waals surface area contributed by atoms with Crippen molar-refractivity contribution in [3.8, 4) is 17.6 Å². The molecule has 0 atom stereocenters. The summed E-state index contributed by atoms with van der Waals surface area (Å²) in [6.07, 6.45) is 2.47. The fraction of sp³-hybridized carbons (Fsp3) is 0.400. The van der Waals surface area contributed by atoms with E-state index in [1.807, 2.05) is 4.90 Å². The summed E-state index contributed by atoms with van der Waals surface area (Å²) in [4.78, 5) is 36.7. The Labute approximate surface area is 184 Å². The Morgan fingerprint density at radius 2 is 1.97 bits per heavy atom. The second kappa shape index (κ2) is 12.1. The SMILES string of the molecule is NCC=CCNc1c(OCC#CCN2CCN(C(=O)O)CC2)cc(C(N)=O)cc1[N+](=O)[O-]. The van der Waals surface area contributed by atoms with Crippen molar-refractivity contribution in [1.29, 1.82) is 0 Å². The molecule has 6 N–H and O–H groups in total. The van der Waals surface area contributed by atoms with Crippen molar-refractivity contribution in [2.24, 2.45) is 11.5 Å². The highest BCUT2D eigenvalue weighted by Crippen LogP contribution is 2.36. The predicted octanol–water partition coefficient (Wildman–Crippen LogP) is 0.298. The first-order chi connectivity index (χ1) is 15.3. The van der Waals surface area contributed by atoms with Crippen LogP contribution in [-0.4, -0.2) is 84.3 Å². The lowest BCUT2D eigenvalue weighted by Crippen LogP contribution is -2.48. The van der Waals surface area contributed by atoms with E-state index in [0.29, 0.717) is 39.3 Å². The first kappa shape index (κ1) is 24.4. The van der Waals surface area contributed by atoms with Crippen molar-refractivity contribution >= 4 is 23.4 Å². The molecule has 2 amide bonds. The van der Waals surface area contributed by atoms with Gasteiger partial charge in [0.05, 0.1) is 11.5 Å². The number of hydrogen-bond acceptors (Lipinski definition) is 8. The van der Waals surface area contributed by atoms with Gasteiger partial charge in [-0.3, -0.25) is 19.8 Å². The van der Waals surface area contributed by atoms with Crippen LogP contribution in [0.3, 0.4) is 0 Å². The van der Waals surface area contributed by atoms with Gasteiger partial charge in [-0.25, -0.2) is 4.79 Å². The van der Waals surface area contributed by atoms with Gasteiger partial charge in [0.15, 0.2) is 11.4 Å². The number of hydrogen-bond donors (Lipinski definition) is 4. The molecule has 0 spiro atoms. The van der Waals surface area contributed by atoms with Crippen LogP contribution in [0, 0.1) is 22.0 Å². The molecule has 1 aromatic rings. The average Bonchev–Trinajstić information content (AvgIpc) is 2.76. The Kier molecular flexibility index (Phi) is 9.27. The molecule has 0 saturated carbocycles. The number of carbonyl (C=O) groups excluding carboxylic acids is 1. The third-order valence-electron chi connectivity index (χ3n) is 4.63. The van der Waals surface area contributed by atoms with Gasteiger partial charge in [0.25, 0.3) is 5.69 Å². The summed E-state index contributed by atoms with van der Waals surface area (Å²) in [6, 6.07) is 2.42. The van der Waals surface area contributed by atoms with Crippen LogP contribution in [0.4, 0.5) is 16.2 Å². The van der Waals surface area contributed by atoms with E-state index in [4.69, 9.17) is 21.3 Å². The summed E-state index contributed by atoms with van der Waals surface area (Å²) >= 11 is 0. The zero-order valence-corrected chi connectivity index (χ0v) is 17.5. The monoisotopic (exact) mass is 446 g/mol. The fourth-order valence-corrected chi connectivity index (χ4v) is 2.95. The molecule has 1 aliphatic heterocycles. The molecule has 1 fully saturated rings. The Morgan fingerprint density at radius 3 is 2.56 bits per heavy atom. The molecule has 0 aliphatic carbocycles. The second-order valence-electron chi connectivity index (χ2n) is 6.77. The van der Waals surface area contributed by atoms with Gasteiger partial charge >= 0.3 is 6.09 Å². The molecule has 1 heterocycles. The van der Waals surface area contributed by atoms with E-state index in [2.05, 4.69) is 17.2 Å². The number of benzene rings is 1. The van der Waals surface area contributed by atoms with Crippen LogP contribution in [0.25, 0.3) is 0 Å². The quantitative estimate of drug-likeness (QED) is 0.180. The lowest BCUT2D eigenvalue weighted by Gasteiger charge is -2.31. The molecule has 172 valence electrons. The number of amides is 2. The summed E-state index contributed by atoms with van der Waals surface area (Å²) in [7, 11) is 0. The lowest BCUT2D eigenvalue weighted by molar-refractivity contribution is -0.384. The Balaban J connectivity index is 2.06. The number of nitrogens with zero attached hydrogens (tertiary/aromatic N) is 3. The average molecular weight is 446 g/mol. The van der Waals surface area contributed by atoms with Crippen molar-refractivity contribution in [3.63, 3.8) is 0 Å². The van der Waals surface area contributed by atoms with E-state index in [1.54, 1.807) is 12.2 Å². The van der Waals surface area contributed by atoms with E-state index in [0.717, 1.165) is 6.07 Å². The lowest BCUT2D eigenvalue weighted by atomic mass is 10.1. The molecule has 1 aromatic carbocycles. The summed E-state index contributed by atoms with van der Waals surface area (Å²) in [5, 5.41) is 23.4. The molecule has 1 aliphatic rings. The molecule has 0 bridgehead atoms. The Bertz CT molecular complexity index is 930. The summed E-state index contributed by atoms with van der Waals surface area (Å²) in [6.45, 7) is 2.97. The van der Waals surface area contributed by atoms with E-state index in [9.17, 15) is 19.7 Å². The summed E-state index contributed by atoms with van der Waals surface area (Å²) in [5.41, 5.74) is 10.4. The minimum absolute atomic E-state index is 0.0565. The van der Waals surface area contributed by atoms with Crippen LogP contribution in [0.1, 0.15) is 10.4 Å². The molecular formula is C20H26N6O6. The fourth-order valence-electron chi connectivity index (χ4n) is 2.95. The van der Waals surface area contributed by atoms with E-state index in [-0.39, 0.29) is 35.8 Å². The normalized spacial score (nSPS) is 14.0. The molecule has 2 rings (SSSR count). The standard InChI is InChI=1S/C20H26N6O6/c21-5-1-2-6-23-18-16(26(30)31)13-15(19(22)27)14-17(18)32-12-4-3-7-24-8-10-25(11-9-24)20(28)29/h1-2,13-14,23H,5-12,21H2,(H2,22,27)(H,28,29). The first-order valence-corrected chi connectivity index (χ1v) is 9.83. The Morgan fingerprint density at radius 1 is 1.25 bits per heavy atom. The van der Waals surface area contributed by atoms with Gasteiger partial charge in [-0.15, -0.1) is 0 Å². The van der Waals surface area contributed by atoms with E-state index >= 15 is 0 Å². The first-order valence-electron chi connectivity index (χ1n) is 9.83. The number of nitrogens with two attached hydrogens (primary N) is 2. The minimum atomic E-state index is -0.931. The number of anilines is 1. The molecule has 12 heteroatoms. The maximum Gasteiger partial charge on any atom is 0.407 e. The van der Waals surface area contributed by atoms with Crippen molar-refractivity contribution < 1.29 is 24.4 Å². The zero-order valence-electron chi connectivity index (χ0n) is 17.5. The van der Waals surface area contributed by atoms with E-state index in [1.165, 1.54) is 11.0 Å². The third-order valence-corrected chi connectivity index (χ3v) is 4.63. The highest BCUT2D eigenvalue weighted by atomic mass is 16.6. The van der Waals surface area contributed by atoms with Crippen molar-refractivity contribution in [2.45, 2.75) is 0 Å². The summed E-state index contributed by atoms with van der Waals surface area (Å²) < 4.78 is 5.61. The predicted molar refractivity (Wildman–Crippen MR) is 118 cm³/mol. The number of ether oxygens (including phenoxy) is 1. The topological polar surface area (TPSA) is 177 Å². The number of nitro benzene ring substituents is 1. The number of carbonyl (C=O) groups is 2.